The molecule has 0 spiro atoms. The van der Waals surface area contributed by atoms with Crippen molar-refractivity contribution in [3.05, 3.63) is 34.9 Å². The molecule has 2 amide bonds. The number of amides is 2. The summed E-state index contributed by atoms with van der Waals surface area (Å²) in [5.41, 5.74) is 2.01. The summed E-state index contributed by atoms with van der Waals surface area (Å²) in [5.74, 6) is 0.249. The number of rotatable bonds is 10. The Morgan fingerprint density at radius 1 is 1.28 bits per heavy atom. The zero-order valence-electron chi connectivity index (χ0n) is 17.0. The maximum absolute atomic E-state index is 12.1. The minimum Gasteiger partial charge on any atom is -0.356 e. The Balaban J connectivity index is 1.28. The van der Waals surface area contributed by atoms with Crippen LogP contribution in [0.3, 0.4) is 0 Å². The lowest BCUT2D eigenvalue weighted by Crippen LogP contribution is -2.40. The Morgan fingerprint density at radius 3 is 2.86 bits per heavy atom. The summed E-state index contributed by atoms with van der Waals surface area (Å²) in [6.07, 6.45) is 11.0. The first-order chi connectivity index (χ1) is 14.1. The van der Waals surface area contributed by atoms with Crippen LogP contribution in [-0.4, -0.2) is 34.4 Å². The molecule has 156 valence electrons. The Morgan fingerprint density at radius 2 is 2.10 bits per heavy atom. The monoisotopic (exact) mass is 414 g/mol. The van der Waals surface area contributed by atoms with Gasteiger partial charge in [-0.3, -0.25) is 14.6 Å². The van der Waals surface area contributed by atoms with Gasteiger partial charge in [-0.1, -0.05) is 12.8 Å². The molecule has 2 aromatic rings. The number of carbonyl (C=O) groups is 2. The van der Waals surface area contributed by atoms with E-state index < -0.39 is 0 Å². The van der Waals surface area contributed by atoms with Gasteiger partial charge in [0.2, 0.25) is 11.8 Å². The lowest BCUT2D eigenvalue weighted by atomic mass is 10.1. The molecule has 0 unspecified atom stereocenters. The van der Waals surface area contributed by atoms with Crippen LogP contribution in [0.2, 0.25) is 0 Å². The van der Waals surface area contributed by atoms with Crippen LogP contribution in [-0.2, 0) is 16.0 Å². The van der Waals surface area contributed by atoms with Crippen LogP contribution in [0.25, 0.3) is 11.3 Å². The van der Waals surface area contributed by atoms with Gasteiger partial charge < -0.3 is 10.6 Å². The second kappa shape index (κ2) is 11.0. The average Bonchev–Trinajstić information content (AvgIpc) is 3.40. The van der Waals surface area contributed by atoms with Crippen molar-refractivity contribution in [2.45, 2.75) is 64.3 Å². The zero-order valence-corrected chi connectivity index (χ0v) is 17.8. The smallest absolute Gasteiger partial charge is 0.223 e. The zero-order chi connectivity index (χ0) is 20.5. The highest BCUT2D eigenvalue weighted by Crippen LogP contribution is 2.25. The Hall–Kier alpha value is -2.28. The van der Waals surface area contributed by atoms with E-state index in [9.17, 15) is 9.59 Å². The van der Waals surface area contributed by atoms with Gasteiger partial charge >= 0.3 is 0 Å². The molecule has 1 aliphatic carbocycles. The molecular weight excluding hydrogens is 384 g/mol. The standard InChI is InChI=1S/C22H30N4O2S/c1-16(25-22(28)17-7-2-3-8-17)13-20(27)24-12-5-4-10-21-26-19(15-29-21)18-9-6-11-23-14-18/h6,9,11,14-17H,2-5,7-8,10,12-13H2,1H3,(H,24,27)(H,25,28)/t16-/m0/s1. The first-order valence-corrected chi connectivity index (χ1v) is 11.4. The summed E-state index contributed by atoms with van der Waals surface area (Å²) >= 11 is 1.67. The fourth-order valence-corrected chi connectivity index (χ4v) is 4.50. The number of nitrogens with one attached hydrogen (secondary N) is 2. The highest BCUT2D eigenvalue weighted by Gasteiger charge is 2.24. The van der Waals surface area contributed by atoms with E-state index in [4.69, 9.17) is 0 Å². The van der Waals surface area contributed by atoms with Crippen LogP contribution in [0.4, 0.5) is 0 Å². The van der Waals surface area contributed by atoms with Crippen LogP contribution in [0.1, 0.15) is 56.9 Å². The predicted molar refractivity (Wildman–Crippen MR) is 115 cm³/mol. The number of carbonyl (C=O) groups excluding carboxylic acids is 2. The molecule has 2 aromatic heterocycles. The van der Waals surface area contributed by atoms with Gasteiger partial charge in [0.15, 0.2) is 0 Å². The molecule has 0 aromatic carbocycles. The third kappa shape index (κ3) is 6.92. The van der Waals surface area contributed by atoms with Crippen molar-refractivity contribution in [2.75, 3.05) is 6.54 Å². The third-order valence-corrected chi connectivity index (χ3v) is 6.16. The molecule has 3 rings (SSSR count). The van der Waals surface area contributed by atoms with Crippen LogP contribution in [0, 0.1) is 5.92 Å². The van der Waals surface area contributed by atoms with Gasteiger partial charge in [-0.05, 0) is 51.2 Å². The number of nitrogens with zero attached hydrogens (tertiary/aromatic N) is 2. The molecule has 0 aliphatic heterocycles. The van der Waals surface area contributed by atoms with E-state index in [-0.39, 0.29) is 23.8 Å². The number of pyridine rings is 1. The summed E-state index contributed by atoms with van der Waals surface area (Å²) < 4.78 is 0. The predicted octanol–water partition coefficient (Wildman–Crippen LogP) is 3.73. The summed E-state index contributed by atoms with van der Waals surface area (Å²) in [6.45, 7) is 2.55. The van der Waals surface area contributed by atoms with Crippen molar-refractivity contribution >= 4 is 23.2 Å². The highest BCUT2D eigenvalue weighted by molar-refractivity contribution is 7.09. The maximum atomic E-state index is 12.1. The molecule has 1 atom stereocenters. The molecular formula is C22H30N4O2S. The molecule has 1 saturated carbocycles. The summed E-state index contributed by atoms with van der Waals surface area (Å²) in [7, 11) is 0. The van der Waals surface area contributed by atoms with E-state index in [0.717, 1.165) is 61.2 Å². The van der Waals surface area contributed by atoms with E-state index in [1.165, 1.54) is 0 Å². The topological polar surface area (TPSA) is 84.0 Å². The molecule has 7 heteroatoms. The minimum absolute atomic E-state index is 0.00247. The fraction of sp³-hybridized carbons (Fsp3) is 0.545. The highest BCUT2D eigenvalue weighted by atomic mass is 32.1. The second-order valence-corrected chi connectivity index (χ2v) is 8.71. The number of thiazole rings is 1. The molecule has 1 fully saturated rings. The van der Waals surface area contributed by atoms with Gasteiger partial charge in [0.1, 0.15) is 0 Å². The van der Waals surface area contributed by atoms with E-state index in [0.29, 0.717) is 13.0 Å². The van der Waals surface area contributed by atoms with Gasteiger partial charge in [-0.2, -0.15) is 0 Å². The van der Waals surface area contributed by atoms with Crippen molar-refractivity contribution < 1.29 is 9.59 Å². The maximum Gasteiger partial charge on any atom is 0.223 e. The molecule has 0 bridgehead atoms. The third-order valence-electron chi connectivity index (χ3n) is 5.25. The van der Waals surface area contributed by atoms with Crippen molar-refractivity contribution in [2.24, 2.45) is 5.92 Å². The Labute approximate surface area is 176 Å². The Kier molecular flexibility index (Phi) is 8.16. The van der Waals surface area contributed by atoms with Gasteiger partial charge in [0.05, 0.1) is 10.7 Å². The van der Waals surface area contributed by atoms with Crippen molar-refractivity contribution in [3.63, 3.8) is 0 Å². The first kappa shape index (κ1) is 21.4. The van der Waals surface area contributed by atoms with Gasteiger partial charge in [0.25, 0.3) is 0 Å². The largest absolute Gasteiger partial charge is 0.356 e. The Bertz CT molecular complexity index is 787. The lowest BCUT2D eigenvalue weighted by Gasteiger charge is -2.16. The normalized spacial score (nSPS) is 15.2. The van der Waals surface area contributed by atoms with E-state index in [1.807, 2.05) is 25.3 Å². The van der Waals surface area contributed by atoms with Gasteiger partial charge in [-0.25, -0.2) is 4.98 Å². The molecule has 1 aliphatic rings. The number of hydrogen-bond donors (Lipinski definition) is 2. The van der Waals surface area contributed by atoms with Gasteiger partial charge in [-0.15, -0.1) is 11.3 Å². The quantitative estimate of drug-likeness (QED) is 0.580. The fourth-order valence-electron chi connectivity index (χ4n) is 3.65. The van der Waals surface area contributed by atoms with Crippen LogP contribution in [0.15, 0.2) is 29.9 Å². The summed E-state index contributed by atoms with van der Waals surface area (Å²) in [5, 5.41) is 9.11. The molecule has 2 heterocycles. The molecule has 0 saturated heterocycles. The van der Waals surface area contributed by atoms with E-state index >= 15 is 0 Å². The number of unbranched alkanes of at least 4 members (excludes halogenated alkanes) is 1. The van der Waals surface area contributed by atoms with Crippen LogP contribution in [0.5, 0.6) is 0 Å². The SMILES string of the molecule is C[C@@H](CC(=O)NCCCCc1nc(-c2cccnc2)cs1)NC(=O)C1CCCC1. The second-order valence-electron chi connectivity index (χ2n) is 7.77. The minimum atomic E-state index is -0.121. The summed E-state index contributed by atoms with van der Waals surface area (Å²) in [6, 6.07) is 3.81. The number of hydrogen-bond acceptors (Lipinski definition) is 5. The molecule has 2 N–H and O–H groups in total. The lowest BCUT2D eigenvalue weighted by molar-refractivity contribution is -0.126. The molecule has 0 radical (unpaired) electrons. The van der Waals surface area contributed by atoms with Crippen molar-refractivity contribution in [3.8, 4) is 11.3 Å². The van der Waals surface area contributed by atoms with Crippen LogP contribution < -0.4 is 10.6 Å². The molecule has 6 nitrogen and oxygen atoms in total. The first-order valence-electron chi connectivity index (χ1n) is 10.5. The summed E-state index contributed by atoms with van der Waals surface area (Å²) in [4.78, 5) is 33.0. The van der Waals surface area contributed by atoms with Crippen molar-refractivity contribution in [1.82, 2.24) is 20.6 Å². The van der Waals surface area contributed by atoms with Crippen LogP contribution >= 0.6 is 11.3 Å². The number of aryl methyl sites for hydroxylation is 1. The average molecular weight is 415 g/mol. The number of aromatic nitrogens is 2. The van der Waals surface area contributed by atoms with Crippen molar-refractivity contribution in [1.29, 1.82) is 0 Å². The molecule has 29 heavy (non-hydrogen) atoms. The van der Waals surface area contributed by atoms with E-state index in [2.05, 4.69) is 26.0 Å². The van der Waals surface area contributed by atoms with Gasteiger partial charge in [0, 0.05) is 48.3 Å². The van der Waals surface area contributed by atoms with E-state index in [1.54, 1.807) is 17.5 Å².